The lowest BCUT2D eigenvalue weighted by Crippen LogP contribution is -2.14. The standard InChI is InChI=1S/C15H8F3N3O3S/c16-15(17,18)8-2-4-10(19-6-8)12(22)21-14-20-9-3-1-7(13(23)24)5-11(9)25-14/h1-6H,(H,23,24)(H,20,21,22). The zero-order valence-corrected chi connectivity index (χ0v) is 13.0. The third kappa shape index (κ3) is 3.58. The maximum absolute atomic E-state index is 12.5. The normalized spacial score (nSPS) is 11.5. The summed E-state index contributed by atoms with van der Waals surface area (Å²) in [4.78, 5) is 30.6. The Balaban J connectivity index is 1.80. The van der Waals surface area contributed by atoms with Gasteiger partial charge < -0.3 is 5.11 Å². The minimum atomic E-state index is -4.53. The Kier molecular flexibility index (Phi) is 4.13. The van der Waals surface area contributed by atoms with Crippen LogP contribution in [0.1, 0.15) is 26.4 Å². The van der Waals surface area contributed by atoms with Crippen LogP contribution in [0.5, 0.6) is 0 Å². The van der Waals surface area contributed by atoms with E-state index in [1.807, 2.05) is 0 Å². The van der Waals surface area contributed by atoms with Crippen molar-refractivity contribution in [1.82, 2.24) is 9.97 Å². The molecular formula is C15H8F3N3O3S. The van der Waals surface area contributed by atoms with E-state index < -0.39 is 23.6 Å². The second-order valence-corrected chi connectivity index (χ2v) is 5.92. The molecule has 0 aliphatic rings. The Hall–Kier alpha value is -3.01. The molecule has 2 N–H and O–H groups in total. The van der Waals surface area contributed by atoms with Gasteiger partial charge in [0.05, 0.1) is 21.3 Å². The molecule has 0 spiro atoms. The molecule has 2 heterocycles. The number of rotatable bonds is 3. The van der Waals surface area contributed by atoms with Gasteiger partial charge in [0, 0.05) is 6.20 Å². The lowest BCUT2D eigenvalue weighted by molar-refractivity contribution is -0.137. The number of halogens is 3. The van der Waals surface area contributed by atoms with Crippen LogP contribution in [0.25, 0.3) is 10.2 Å². The Labute approximate surface area is 142 Å². The first-order chi connectivity index (χ1) is 11.7. The van der Waals surface area contributed by atoms with E-state index >= 15 is 0 Å². The van der Waals surface area contributed by atoms with E-state index in [-0.39, 0.29) is 16.4 Å². The van der Waals surface area contributed by atoms with Gasteiger partial charge in [-0.15, -0.1) is 0 Å². The molecule has 0 aliphatic heterocycles. The first-order valence-electron chi connectivity index (χ1n) is 6.72. The summed E-state index contributed by atoms with van der Waals surface area (Å²) in [6.45, 7) is 0. The highest BCUT2D eigenvalue weighted by atomic mass is 32.1. The summed E-state index contributed by atoms with van der Waals surface area (Å²) >= 11 is 1.05. The number of nitrogens with one attached hydrogen (secondary N) is 1. The number of pyridine rings is 1. The quantitative estimate of drug-likeness (QED) is 0.737. The summed E-state index contributed by atoms with van der Waals surface area (Å²) in [5.74, 6) is -1.80. The molecule has 0 aliphatic carbocycles. The fourth-order valence-corrected chi connectivity index (χ4v) is 2.87. The third-order valence-electron chi connectivity index (χ3n) is 3.18. The average Bonchev–Trinajstić information content (AvgIpc) is 2.95. The third-order valence-corrected chi connectivity index (χ3v) is 4.11. The number of hydrogen-bond donors (Lipinski definition) is 2. The van der Waals surface area contributed by atoms with Crippen molar-refractivity contribution in [2.24, 2.45) is 0 Å². The van der Waals surface area contributed by atoms with Crippen molar-refractivity contribution in [3.8, 4) is 0 Å². The molecule has 0 atom stereocenters. The highest BCUT2D eigenvalue weighted by Crippen LogP contribution is 2.29. The zero-order chi connectivity index (χ0) is 18.2. The Morgan fingerprint density at radius 3 is 2.52 bits per heavy atom. The highest BCUT2D eigenvalue weighted by molar-refractivity contribution is 7.22. The number of aromatic carboxylic acids is 1. The van der Waals surface area contributed by atoms with Crippen LogP contribution < -0.4 is 5.32 Å². The topological polar surface area (TPSA) is 92.2 Å². The number of fused-ring (bicyclic) bond motifs is 1. The van der Waals surface area contributed by atoms with Gasteiger partial charge in [-0.25, -0.2) is 9.78 Å². The Morgan fingerprint density at radius 2 is 1.92 bits per heavy atom. The summed E-state index contributed by atoms with van der Waals surface area (Å²) in [5, 5.41) is 11.6. The molecule has 0 bridgehead atoms. The molecule has 6 nitrogen and oxygen atoms in total. The molecular weight excluding hydrogens is 359 g/mol. The van der Waals surface area contributed by atoms with E-state index in [0.717, 1.165) is 23.5 Å². The molecule has 0 fully saturated rings. The molecule has 2 aromatic heterocycles. The summed E-state index contributed by atoms with van der Waals surface area (Å²) in [6, 6.07) is 6.03. The van der Waals surface area contributed by atoms with Crippen molar-refractivity contribution in [3.05, 3.63) is 53.3 Å². The molecule has 25 heavy (non-hydrogen) atoms. The molecule has 0 saturated carbocycles. The molecule has 1 amide bonds. The number of benzene rings is 1. The summed E-state index contributed by atoms with van der Waals surface area (Å²) in [7, 11) is 0. The van der Waals surface area contributed by atoms with Gasteiger partial charge in [-0.1, -0.05) is 11.3 Å². The van der Waals surface area contributed by atoms with Crippen LogP contribution >= 0.6 is 11.3 Å². The number of aromatic nitrogens is 2. The van der Waals surface area contributed by atoms with Crippen molar-refractivity contribution >= 4 is 38.6 Å². The largest absolute Gasteiger partial charge is 0.478 e. The van der Waals surface area contributed by atoms with Gasteiger partial charge in [0.25, 0.3) is 5.91 Å². The van der Waals surface area contributed by atoms with E-state index in [0.29, 0.717) is 16.4 Å². The molecule has 128 valence electrons. The second kappa shape index (κ2) is 6.13. The van der Waals surface area contributed by atoms with Crippen LogP contribution in [0.15, 0.2) is 36.5 Å². The number of carbonyl (C=O) groups is 2. The van der Waals surface area contributed by atoms with E-state index in [9.17, 15) is 22.8 Å². The minimum absolute atomic E-state index is 0.0819. The minimum Gasteiger partial charge on any atom is -0.478 e. The van der Waals surface area contributed by atoms with Crippen LogP contribution in [0.4, 0.5) is 18.3 Å². The molecule has 0 unspecified atom stereocenters. The van der Waals surface area contributed by atoms with E-state index in [4.69, 9.17) is 5.11 Å². The first kappa shape index (κ1) is 16.8. The predicted octanol–water partition coefficient (Wildman–Crippen LogP) is 3.66. The van der Waals surface area contributed by atoms with Crippen LogP contribution in [-0.4, -0.2) is 27.0 Å². The number of nitrogens with zero attached hydrogens (tertiary/aromatic N) is 2. The number of carbonyl (C=O) groups excluding carboxylic acids is 1. The lowest BCUT2D eigenvalue weighted by Gasteiger charge is -2.06. The van der Waals surface area contributed by atoms with Gasteiger partial charge in [0.1, 0.15) is 5.69 Å². The van der Waals surface area contributed by atoms with Crippen LogP contribution in [0.3, 0.4) is 0 Å². The number of alkyl halides is 3. The van der Waals surface area contributed by atoms with Crippen LogP contribution in [0.2, 0.25) is 0 Å². The van der Waals surface area contributed by atoms with Crippen LogP contribution in [-0.2, 0) is 6.18 Å². The van der Waals surface area contributed by atoms with Crippen LogP contribution in [0, 0.1) is 0 Å². The van der Waals surface area contributed by atoms with Crippen molar-refractivity contribution in [1.29, 1.82) is 0 Å². The molecule has 3 aromatic rings. The fourth-order valence-electron chi connectivity index (χ4n) is 1.97. The summed E-state index contributed by atoms with van der Waals surface area (Å²) in [5.41, 5.74) is -0.576. The van der Waals surface area contributed by atoms with E-state index in [2.05, 4.69) is 15.3 Å². The van der Waals surface area contributed by atoms with Gasteiger partial charge in [0.2, 0.25) is 0 Å². The number of thiazole rings is 1. The molecule has 0 radical (unpaired) electrons. The monoisotopic (exact) mass is 367 g/mol. The number of anilines is 1. The second-order valence-electron chi connectivity index (χ2n) is 4.89. The smallest absolute Gasteiger partial charge is 0.417 e. The number of carboxylic acids is 1. The highest BCUT2D eigenvalue weighted by Gasteiger charge is 2.31. The Morgan fingerprint density at radius 1 is 1.16 bits per heavy atom. The Bertz CT molecular complexity index is 968. The summed E-state index contributed by atoms with van der Waals surface area (Å²) < 4.78 is 38.0. The number of carboxylic acid groups (broad SMARTS) is 1. The molecule has 1 aromatic carbocycles. The first-order valence-corrected chi connectivity index (χ1v) is 7.54. The van der Waals surface area contributed by atoms with Gasteiger partial charge in [-0.3, -0.25) is 15.1 Å². The maximum Gasteiger partial charge on any atom is 0.417 e. The zero-order valence-electron chi connectivity index (χ0n) is 12.2. The van der Waals surface area contributed by atoms with Crippen molar-refractivity contribution in [3.63, 3.8) is 0 Å². The fraction of sp³-hybridized carbons (Fsp3) is 0.0667. The van der Waals surface area contributed by atoms with Gasteiger partial charge in [-0.2, -0.15) is 13.2 Å². The van der Waals surface area contributed by atoms with Crippen molar-refractivity contribution in [2.75, 3.05) is 5.32 Å². The van der Waals surface area contributed by atoms with Crippen molar-refractivity contribution in [2.45, 2.75) is 6.18 Å². The maximum atomic E-state index is 12.5. The number of hydrogen-bond acceptors (Lipinski definition) is 5. The molecule has 0 saturated heterocycles. The molecule has 10 heteroatoms. The van der Waals surface area contributed by atoms with Gasteiger partial charge >= 0.3 is 12.1 Å². The van der Waals surface area contributed by atoms with E-state index in [1.165, 1.54) is 18.2 Å². The lowest BCUT2D eigenvalue weighted by atomic mass is 10.2. The average molecular weight is 367 g/mol. The van der Waals surface area contributed by atoms with Gasteiger partial charge in [0.15, 0.2) is 5.13 Å². The van der Waals surface area contributed by atoms with Crippen molar-refractivity contribution < 1.29 is 27.9 Å². The number of amides is 1. The summed E-state index contributed by atoms with van der Waals surface area (Å²) in [6.07, 6.45) is -3.96. The molecule has 3 rings (SSSR count). The predicted molar refractivity (Wildman–Crippen MR) is 83.8 cm³/mol. The van der Waals surface area contributed by atoms with E-state index in [1.54, 1.807) is 0 Å². The van der Waals surface area contributed by atoms with Gasteiger partial charge in [-0.05, 0) is 30.3 Å². The SMILES string of the molecule is O=C(O)c1ccc2nc(NC(=O)c3ccc(C(F)(F)F)cn3)sc2c1.